The van der Waals surface area contributed by atoms with Gasteiger partial charge in [0.15, 0.2) is 0 Å². The Balaban J connectivity index is 1.28. The third-order valence-electron chi connectivity index (χ3n) is 5.30. The lowest BCUT2D eigenvalue weighted by Crippen LogP contribution is -2.25. The fourth-order valence-electron chi connectivity index (χ4n) is 3.52. The number of pyridine rings is 1. The zero-order valence-corrected chi connectivity index (χ0v) is 16.6. The average Bonchev–Trinajstić information content (AvgIpc) is 3.42. The van der Waals surface area contributed by atoms with Crippen molar-refractivity contribution in [2.45, 2.75) is 25.3 Å². The molecule has 30 heavy (non-hydrogen) atoms. The Morgan fingerprint density at radius 1 is 1.07 bits per heavy atom. The number of amides is 1. The quantitative estimate of drug-likeness (QED) is 0.495. The molecule has 0 radical (unpaired) electrons. The molecule has 0 spiro atoms. The van der Waals surface area contributed by atoms with Crippen molar-refractivity contribution in [3.05, 3.63) is 84.2 Å². The summed E-state index contributed by atoms with van der Waals surface area (Å²) >= 11 is 0. The third-order valence-corrected chi connectivity index (χ3v) is 5.30. The SMILES string of the molecule is O=C(NC1CC1)c1cc(NCCc2ccc(-n3cccn3)cc2)nc2ccccc12. The van der Waals surface area contributed by atoms with Crippen LogP contribution in [0, 0.1) is 0 Å². The Morgan fingerprint density at radius 3 is 2.67 bits per heavy atom. The number of para-hydroxylation sites is 1. The van der Waals surface area contributed by atoms with Crippen molar-refractivity contribution in [3.8, 4) is 5.69 Å². The summed E-state index contributed by atoms with van der Waals surface area (Å²) in [4.78, 5) is 17.4. The second-order valence-electron chi connectivity index (χ2n) is 7.61. The fourth-order valence-corrected chi connectivity index (χ4v) is 3.52. The summed E-state index contributed by atoms with van der Waals surface area (Å²) in [6.07, 6.45) is 6.70. The standard InChI is InChI=1S/C24H23N5O/c30-24(27-18-8-9-18)21-16-23(28-22-5-2-1-4-20(21)22)25-14-12-17-6-10-19(11-7-17)29-15-3-13-26-29/h1-7,10-11,13,15-16,18H,8-9,12,14H2,(H,25,28)(H,27,30). The number of aromatic nitrogens is 3. The third kappa shape index (κ3) is 4.03. The Kier molecular flexibility index (Phi) is 4.89. The zero-order chi connectivity index (χ0) is 20.3. The molecule has 2 N–H and O–H groups in total. The van der Waals surface area contributed by atoms with Crippen LogP contribution in [0.25, 0.3) is 16.6 Å². The molecule has 150 valence electrons. The van der Waals surface area contributed by atoms with Crippen LogP contribution in [0.2, 0.25) is 0 Å². The van der Waals surface area contributed by atoms with Gasteiger partial charge in [0, 0.05) is 30.4 Å². The Hall–Kier alpha value is -3.67. The monoisotopic (exact) mass is 397 g/mol. The molecule has 1 amide bonds. The minimum absolute atomic E-state index is 0.0200. The Labute approximate surface area is 174 Å². The Bertz CT molecular complexity index is 1160. The number of hydrogen-bond donors (Lipinski definition) is 2. The number of carbonyl (C=O) groups is 1. The second-order valence-corrected chi connectivity index (χ2v) is 7.61. The van der Waals surface area contributed by atoms with Crippen LogP contribution in [0.4, 0.5) is 5.82 Å². The van der Waals surface area contributed by atoms with Gasteiger partial charge in [-0.05, 0) is 55.2 Å². The van der Waals surface area contributed by atoms with Crippen molar-refractivity contribution in [2.24, 2.45) is 0 Å². The van der Waals surface area contributed by atoms with E-state index in [9.17, 15) is 4.79 Å². The van der Waals surface area contributed by atoms with Gasteiger partial charge in [-0.25, -0.2) is 9.67 Å². The van der Waals surface area contributed by atoms with Gasteiger partial charge in [0.1, 0.15) is 5.82 Å². The molecule has 2 heterocycles. The minimum Gasteiger partial charge on any atom is -0.370 e. The summed E-state index contributed by atoms with van der Waals surface area (Å²) in [7, 11) is 0. The number of anilines is 1. The number of carbonyl (C=O) groups excluding carboxylic acids is 1. The van der Waals surface area contributed by atoms with Crippen LogP contribution in [0.5, 0.6) is 0 Å². The lowest BCUT2D eigenvalue weighted by atomic mass is 10.1. The zero-order valence-electron chi connectivity index (χ0n) is 16.6. The fraction of sp³-hybridized carbons (Fsp3) is 0.208. The van der Waals surface area contributed by atoms with Crippen LogP contribution in [0.3, 0.4) is 0 Å². The maximum atomic E-state index is 12.7. The molecule has 1 aliphatic carbocycles. The van der Waals surface area contributed by atoms with Crippen LogP contribution < -0.4 is 10.6 Å². The van der Waals surface area contributed by atoms with E-state index in [1.165, 1.54) is 5.56 Å². The number of nitrogens with zero attached hydrogens (tertiary/aromatic N) is 3. The van der Waals surface area contributed by atoms with Gasteiger partial charge in [0.2, 0.25) is 0 Å². The van der Waals surface area contributed by atoms with E-state index in [1.54, 1.807) is 6.20 Å². The van der Waals surface area contributed by atoms with Gasteiger partial charge in [0.25, 0.3) is 5.91 Å². The molecule has 1 fully saturated rings. The van der Waals surface area contributed by atoms with Gasteiger partial charge >= 0.3 is 0 Å². The first-order valence-electron chi connectivity index (χ1n) is 10.3. The molecule has 2 aromatic carbocycles. The van der Waals surface area contributed by atoms with Crippen LogP contribution in [0.1, 0.15) is 28.8 Å². The van der Waals surface area contributed by atoms with Crippen molar-refractivity contribution < 1.29 is 4.79 Å². The highest BCUT2D eigenvalue weighted by Gasteiger charge is 2.25. The topological polar surface area (TPSA) is 71.8 Å². The second kappa shape index (κ2) is 7.99. The molecular weight excluding hydrogens is 374 g/mol. The lowest BCUT2D eigenvalue weighted by molar-refractivity contribution is 0.0952. The van der Waals surface area contributed by atoms with Crippen LogP contribution >= 0.6 is 0 Å². The molecule has 6 heteroatoms. The van der Waals surface area contributed by atoms with Crippen molar-refractivity contribution in [1.82, 2.24) is 20.1 Å². The van der Waals surface area contributed by atoms with Crippen molar-refractivity contribution in [3.63, 3.8) is 0 Å². The van der Waals surface area contributed by atoms with Gasteiger partial charge in [-0.2, -0.15) is 5.10 Å². The van der Waals surface area contributed by atoms with Crippen LogP contribution in [0.15, 0.2) is 73.1 Å². The molecular formula is C24H23N5O. The number of benzene rings is 2. The Morgan fingerprint density at radius 2 is 1.90 bits per heavy atom. The maximum Gasteiger partial charge on any atom is 0.252 e. The first-order chi connectivity index (χ1) is 14.8. The molecule has 0 atom stereocenters. The summed E-state index contributed by atoms with van der Waals surface area (Å²) in [6, 6.07) is 20.2. The highest BCUT2D eigenvalue weighted by molar-refractivity contribution is 6.07. The van der Waals surface area contributed by atoms with Crippen LogP contribution in [-0.2, 0) is 6.42 Å². The average molecular weight is 397 g/mol. The first kappa shape index (κ1) is 18.4. The van der Waals surface area contributed by atoms with Gasteiger partial charge in [-0.3, -0.25) is 4.79 Å². The molecule has 0 unspecified atom stereocenters. The minimum atomic E-state index is -0.0200. The van der Waals surface area contributed by atoms with E-state index in [2.05, 4.69) is 45.0 Å². The summed E-state index contributed by atoms with van der Waals surface area (Å²) in [6.45, 7) is 0.732. The maximum absolute atomic E-state index is 12.7. The molecule has 0 bridgehead atoms. The molecule has 0 aliphatic heterocycles. The highest BCUT2D eigenvalue weighted by Crippen LogP contribution is 2.24. The number of rotatable bonds is 7. The smallest absolute Gasteiger partial charge is 0.252 e. The van der Waals surface area contributed by atoms with Crippen LogP contribution in [-0.4, -0.2) is 33.3 Å². The summed E-state index contributed by atoms with van der Waals surface area (Å²) in [5.41, 5.74) is 3.77. The van der Waals surface area contributed by atoms with Crippen molar-refractivity contribution >= 4 is 22.6 Å². The summed E-state index contributed by atoms with van der Waals surface area (Å²) in [5.74, 6) is 0.705. The molecule has 5 rings (SSSR count). The van der Waals surface area contributed by atoms with Gasteiger partial charge in [-0.15, -0.1) is 0 Å². The largest absolute Gasteiger partial charge is 0.370 e. The summed E-state index contributed by atoms with van der Waals surface area (Å²) in [5, 5.41) is 11.6. The van der Waals surface area contributed by atoms with E-state index in [1.807, 2.05) is 47.3 Å². The van der Waals surface area contributed by atoms with Crippen molar-refractivity contribution in [2.75, 3.05) is 11.9 Å². The first-order valence-corrected chi connectivity index (χ1v) is 10.3. The molecule has 0 saturated heterocycles. The van der Waals surface area contributed by atoms with E-state index in [-0.39, 0.29) is 5.91 Å². The molecule has 1 saturated carbocycles. The van der Waals surface area contributed by atoms with E-state index in [4.69, 9.17) is 0 Å². The molecule has 2 aromatic heterocycles. The van der Waals surface area contributed by atoms with Crippen molar-refractivity contribution in [1.29, 1.82) is 0 Å². The van der Waals surface area contributed by atoms with Gasteiger partial charge < -0.3 is 10.6 Å². The van der Waals surface area contributed by atoms with E-state index < -0.39 is 0 Å². The van der Waals surface area contributed by atoms with E-state index in [0.29, 0.717) is 11.6 Å². The molecule has 1 aliphatic rings. The highest BCUT2D eigenvalue weighted by atomic mass is 16.1. The lowest BCUT2D eigenvalue weighted by Gasteiger charge is -2.12. The normalized spacial score (nSPS) is 13.3. The molecule has 4 aromatic rings. The molecule has 6 nitrogen and oxygen atoms in total. The predicted octanol–water partition coefficient (Wildman–Crippen LogP) is 3.97. The summed E-state index contributed by atoms with van der Waals surface area (Å²) < 4.78 is 1.84. The van der Waals surface area contributed by atoms with Gasteiger partial charge in [-0.1, -0.05) is 30.3 Å². The number of nitrogens with one attached hydrogen (secondary N) is 2. The number of fused-ring (bicyclic) bond motifs is 1. The van der Waals surface area contributed by atoms with E-state index in [0.717, 1.165) is 48.2 Å². The number of hydrogen-bond acceptors (Lipinski definition) is 4. The van der Waals surface area contributed by atoms with Gasteiger partial charge in [0.05, 0.1) is 16.8 Å². The van der Waals surface area contributed by atoms with E-state index >= 15 is 0 Å². The predicted molar refractivity (Wildman–Crippen MR) is 118 cm³/mol.